The number of carbonyl (C=O) groups is 1. The van der Waals surface area contributed by atoms with Gasteiger partial charge in [-0.05, 0) is 34.1 Å². The van der Waals surface area contributed by atoms with Gasteiger partial charge in [0.2, 0.25) is 0 Å². The van der Waals surface area contributed by atoms with Crippen molar-refractivity contribution in [3.8, 4) is 0 Å². The highest BCUT2D eigenvalue weighted by Gasteiger charge is 2.45. The van der Waals surface area contributed by atoms with E-state index in [1.807, 2.05) is 13.8 Å². The highest BCUT2D eigenvalue weighted by molar-refractivity contribution is 9.10. The lowest BCUT2D eigenvalue weighted by Gasteiger charge is -2.41. The second-order valence-electron chi connectivity index (χ2n) is 4.44. The van der Waals surface area contributed by atoms with Crippen LogP contribution < -0.4 is 0 Å². The van der Waals surface area contributed by atoms with Crippen LogP contribution in [0.2, 0.25) is 0 Å². The molecule has 1 unspecified atom stereocenters. The fourth-order valence-corrected chi connectivity index (χ4v) is 2.07. The standard InChI is InChI=1S/C11H19BrO4/c1-5-14-9(13)11(4,12)8-6-7-15-10(2,3)16-8/h8H,5-7H2,1-4H3/t8-,11?/m0/s1. The molecule has 16 heavy (non-hydrogen) atoms. The summed E-state index contributed by atoms with van der Waals surface area (Å²) in [6.45, 7) is 8.19. The molecular formula is C11H19BrO4. The zero-order valence-electron chi connectivity index (χ0n) is 10.2. The molecule has 0 radical (unpaired) electrons. The number of alkyl halides is 1. The summed E-state index contributed by atoms with van der Waals surface area (Å²) in [6.07, 6.45) is 0.430. The van der Waals surface area contributed by atoms with Crippen LogP contribution in [0.5, 0.6) is 0 Å². The Labute approximate surface area is 105 Å². The van der Waals surface area contributed by atoms with Crippen molar-refractivity contribution in [1.82, 2.24) is 0 Å². The third-order valence-corrected chi connectivity index (χ3v) is 3.37. The lowest BCUT2D eigenvalue weighted by atomic mass is 10.0. The van der Waals surface area contributed by atoms with Crippen LogP contribution in [0.1, 0.15) is 34.1 Å². The summed E-state index contributed by atoms with van der Waals surface area (Å²) in [5.74, 6) is -0.942. The van der Waals surface area contributed by atoms with Crippen molar-refractivity contribution in [3.05, 3.63) is 0 Å². The third kappa shape index (κ3) is 3.18. The SMILES string of the molecule is CCOC(=O)C(C)(Br)[C@@H]1CCOC(C)(C)O1. The average Bonchev–Trinajstić information content (AvgIpc) is 2.16. The van der Waals surface area contributed by atoms with Crippen molar-refractivity contribution in [2.75, 3.05) is 13.2 Å². The predicted molar refractivity (Wildman–Crippen MR) is 63.5 cm³/mol. The number of carbonyl (C=O) groups excluding carboxylic acids is 1. The van der Waals surface area contributed by atoms with E-state index < -0.39 is 10.1 Å². The molecule has 1 aliphatic heterocycles. The molecule has 0 N–H and O–H groups in total. The maximum absolute atomic E-state index is 11.8. The van der Waals surface area contributed by atoms with Crippen molar-refractivity contribution in [1.29, 1.82) is 0 Å². The first kappa shape index (κ1) is 13.9. The first-order valence-corrected chi connectivity index (χ1v) is 6.27. The van der Waals surface area contributed by atoms with E-state index in [4.69, 9.17) is 14.2 Å². The first-order valence-electron chi connectivity index (χ1n) is 5.47. The van der Waals surface area contributed by atoms with Gasteiger partial charge in [0.25, 0.3) is 0 Å². The quantitative estimate of drug-likeness (QED) is 0.592. The van der Waals surface area contributed by atoms with Crippen molar-refractivity contribution in [2.45, 2.75) is 50.3 Å². The van der Waals surface area contributed by atoms with E-state index in [1.165, 1.54) is 0 Å². The van der Waals surface area contributed by atoms with Gasteiger partial charge in [0, 0.05) is 0 Å². The second-order valence-corrected chi connectivity index (χ2v) is 6.09. The number of ether oxygens (including phenoxy) is 3. The minimum absolute atomic E-state index is 0.240. The minimum atomic E-state index is -0.815. The van der Waals surface area contributed by atoms with E-state index in [1.54, 1.807) is 13.8 Å². The molecule has 0 saturated carbocycles. The van der Waals surface area contributed by atoms with Crippen molar-refractivity contribution in [2.24, 2.45) is 0 Å². The fourth-order valence-electron chi connectivity index (χ4n) is 1.63. The monoisotopic (exact) mass is 294 g/mol. The zero-order chi connectivity index (χ0) is 12.4. The minimum Gasteiger partial charge on any atom is -0.465 e. The topological polar surface area (TPSA) is 44.8 Å². The van der Waals surface area contributed by atoms with Crippen LogP contribution >= 0.6 is 15.9 Å². The van der Waals surface area contributed by atoms with Crippen LogP contribution in [0.4, 0.5) is 0 Å². The summed E-state index contributed by atoms with van der Waals surface area (Å²) in [6, 6.07) is 0. The Hall–Kier alpha value is -0.130. The van der Waals surface area contributed by atoms with Crippen LogP contribution in [0.3, 0.4) is 0 Å². The van der Waals surface area contributed by atoms with Gasteiger partial charge in [0.05, 0.1) is 19.3 Å². The molecule has 1 aliphatic rings. The molecule has 0 amide bonds. The van der Waals surface area contributed by atoms with Crippen molar-refractivity contribution >= 4 is 21.9 Å². The molecule has 4 nitrogen and oxygen atoms in total. The van der Waals surface area contributed by atoms with E-state index >= 15 is 0 Å². The van der Waals surface area contributed by atoms with Gasteiger partial charge in [0.1, 0.15) is 4.32 Å². The summed E-state index contributed by atoms with van der Waals surface area (Å²) in [7, 11) is 0. The Bertz CT molecular complexity index is 263. The molecule has 0 aliphatic carbocycles. The van der Waals surface area contributed by atoms with E-state index in [9.17, 15) is 4.79 Å². The molecule has 1 fully saturated rings. The Balaban J connectivity index is 2.71. The molecule has 0 aromatic rings. The summed E-state index contributed by atoms with van der Waals surface area (Å²) in [5, 5.41) is 0. The van der Waals surface area contributed by atoms with E-state index in [2.05, 4.69) is 15.9 Å². The van der Waals surface area contributed by atoms with Crippen LogP contribution in [-0.2, 0) is 19.0 Å². The smallest absolute Gasteiger partial charge is 0.325 e. The van der Waals surface area contributed by atoms with E-state index in [0.29, 0.717) is 19.6 Å². The van der Waals surface area contributed by atoms with Gasteiger partial charge in [-0.25, -0.2) is 0 Å². The number of hydrogen-bond acceptors (Lipinski definition) is 4. The zero-order valence-corrected chi connectivity index (χ0v) is 11.8. The summed E-state index contributed by atoms with van der Waals surface area (Å²) >= 11 is 3.41. The van der Waals surface area contributed by atoms with Crippen LogP contribution in [-0.4, -0.2) is 35.4 Å². The third-order valence-electron chi connectivity index (χ3n) is 2.53. The second kappa shape index (κ2) is 5.02. The normalized spacial score (nSPS) is 28.2. The van der Waals surface area contributed by atoms with Crippen molar-refractivity contribution in [3.63, 3.8) is 0 Å². The molecule has 1 rings (SSSR count). The van der Waals surface area contributed by atoms with Gasteiger partial charge in [-0.1, -0.05) is 15.9 Å². The van der Waals surface area contributed by atoms with E-state index in [0.717, 1.165) is 0 Å². The van der Waals surface area contributed by atoms with Gasteiger partial charge in [-0.2, -0.15) is 0 Å². The summed E-state index contributed by atoms with van der Waals surface area (Å²) in [5.41, 5.74) is 0. The number of hydrogen-bond donors (Lipinski definition) is 0. The molecule has 94 valence electrons. The maximum Gasteiger partial charge on any atom is 0.325 e. The first-order chi connectivity index (χ1) is 7.29. The Morgan fingerprint density at radius 1 is 1.62 bits per heavy atom. The summed E-state index contributed by atoms with van der Waals surface area (Å²) in [4.78, 5) is 11.8. The Morgan fingerprint density at radius 3 is 2.75 bits per heavy atom. The highest BCUT2D eigenvalue weighted by atomic mass is 79.9. The van der Waals surface area contributed by atoms with Crippen LogP contribution in [0, 0.1) is 0 Å². The van der Waals surface area contributed by atoms with Crippen LogP contribution in [0.25, 0.3) is 0 Å². The average molecular weight is 295 g/mol. The Kier molecular flexibility index (Phi) is 4.37. The molecule has 0 bridgehead atoms. The predicted octanol–water partition coefficient (Wildman–Crippen LogP) is 2.24. The summed E-state index contributed by atoms with van der Waals surface area (Å²) < 4.78 is 15.4. The van der Waals surface area contributed by atoms with E-state index in [-0.39, 0.29) is 12.1 Å². The lowest BCUT2D eigenvalue weighted by molar-refractivity contribution is -0.277. The Morgan fingerprint density at radius 2 is 2.25 bits per heavy atom. The molecule has 0 spiro atoms. The molecule has 1 saturated heterocycles. The molecule has 5 heteroatoms. The molecule has 2 atom stereocenters. The molecular weight excluding hydrogens is 276 g/mol. The van der Waals surface area contributed by atoms with Gasteiger partial charge < -0.3 is 14.2 Å². The van der Waals surface area contributed by atoms with Crippen LogP contribution in [0.15, 0.2) is 0 Å². The maximum atomic E-state index is 11.8. The lowest BCUT2D eigenvalue weighted by Crippen LogP contribution is -2.51. The van der Waals surface area contributed by atoms with Gasteiger partial charge in [-0.3, -0.25) is 4.79 Å². The molecule has 0 aromatic carbocycles. The highest BCUT2D eigenvalue weighted by Crippen LogP contribution is 2.34. The number of halogens is 1. The van der Waals surface area contributed by atoms with Crippen molar-refractivity contribution < 1.29 is 19.0 Å². The number of esters is 1. The molecule has 1 heterocycles. The number of rotatable bonds is 3. The fraction of sp³-hybridized carbons (Fsp3) is 0.909. The van der Waals surface area contributed by atoms with Gasteiger partial charge >= 0.3 is 5.97 Å². The molecule has 0 aromatic heterocycles. The van der Waals surface area contributed by atoms with Gasteiger partial charge in [0.15, 0.2) is 5.79 Å². The van der Waals surface area contributed by atoms with Gasteiger partial charge in [-0.15, -0.1) is 0 Å². The largest absolute Gasteiger partial charge is 0.465 e.